The average Bonchev–Trinajstić information content (AvgIpc) is 2.79. The molecule has 0 amide bonds. The van der Waals surface area contributed by atoms with Crippen molar-refractivity contribution in [3.8, 4) is 0 Å². The highest BCUT2D eigenvalue weighted by molar-refractivity contribution is 6.28. The Labute approximate surface area is 187 Å². The number of ether oxygens (including phenoxy) is 1. The first-order valence-electron chi connectivity index (χ1n) is 9.79. The minimum atomic E-state index is -4.73. The summed E-state index contributed by atoms with van der Waals surface area (Å²) in [4.78, 5) is 24.8. The van der Waals surface area contributed by atoms with Gasteiger partial charge in [-0.25, -0.2) is 22.8 Å². The second-order valence-electron chi connectivity index (χ2n) is 7.59. The lowest BCUT2D eigenvalue weighted by atomic mass is 9.89. The van der Waals surface area contributed by atoms with Gasteiger partial charge in [0.15, 0.2) is 17.5 Å². The van der Waals surface area contributed by atoms with E-state index in [1.165, 1.54) is 6.07 Å². The zero-order valence-corrected chi connectivity index (χ0v) is 16.8. The number of carboxylic acids is 1. The maximum atomic E-state index is 14.7. The fourth-order valence-corrected chi connectivity index (χ4v) is 4.17. The maximum absolute atomic E-state index is 14.7. The molecule has 0 aromatic heterocycles. The fraction of sp³-hybridized carbons (Fsp3) is 0.0400. The van der Waals surface area contributed by atoms with Crippen LogP contribution in [0, 0.1) is 17.5 Å². The van der Waals surface area contributed by atoms with Gasteiger partial charge in [-0.2, -0.15) is 8.78 Å². The van der Waals surface area contributed by atoms with Gasteiger partial charge in [0, 0.05) is 0 Å². The van der Waals surface area contributed by atoms with Crippen LogP contribution in [0.4, 0.5) is 22.0 Å². The molecular weight excluding hydrogens is 459 g/mol. The Balaban J connectivity index is 1.72. The molecule has 5 aromatic carbocycles. The minimum Gasteiger partial charge on any atom is -0.478 e. The van der Waals surface area contributed by atoms with E-state index in [2.05, 4.69) is 4.74 Å². The molecule has 0 radical (unpaired) electrons. The van der Waals surface area contributed by atoms with Crippen LogP contribution in [0.1, 0.15) is 26.3 Å². The lowest BCUT2D eigenvalue weighted by molar-refractivity contribution is -0.211. The summed E-state index contributed by atoms with van der Waals surface area (Å²) in [5.74, 6) is -9.46. The van der Waals surface area contributed by atoms with Gasteiger partial charge in [0.25, 0.3) is 0 Å². The highest BCUT2D eigenvalue weighted by atomic mass is 19.3. The summed E-state index contributed by atoms with van der Waals surface area (Å²) < 4.78 is 74.2. The topological polar surface area (TPSA) is 63.6 Å². The number of carboxylic acid groups (broad SMARTS) is 1. The molecule has 0 saturated carbocycles. The quantitative estimate of drug-likeness (QED) is 0.139. The highest BCUT2D eigenvalue weighted by Gasteiger charge is 2.42. The number of rotatable bonds is 4. The van der Waals surface area contributed by atoms with Gasteiger partial charge in [-0.05, 0) is 50.5 Å². The van der Waals surface area contributed by atoms with Gasteiger partial charge >= 0.3 is 18.0 Å². The molecule has 0 fully saturated rings. The molecule has 34 heavy (non-hydrogen) atoms. The van der Waals surface area contributed by atoms with E-state index in [-0.39, 0.29) is 17.5 Å². The molecule has 5 aromatic rings. The van der Waals surface area contributed by atoms with Crippen molar-refractivity contribution >= 4 is 44.3 Å². The van der Waals surface area contributed by atoms with E-state index in [9.17, 15) is 36.6 Å². The Kier molecular flexibility index (Phi) is 4.68. The van der Waals surface area contributed by atoms with Gasteiger partial charge in [0.05, 0.1) is 11.1 Å². The zero-order chi connectivity index (χ0) is 24.4. The summed E-state index contributed by atoms with van der Waals surface area (Å²) in [6.45, 7) is 0. The van der Waals surface area contributed by atoms with Crippen molar-refractivity contribution < 1.29 is 41.4 Å². The number of halogens is 5. The van der Waals surface area contributed by atoms with Gasteiger partial charge in [-0.3, -0.25) is 0 Å². The molecule has 0 saturated heterocycles. The van der Waals surface area contributed by atoms with Crippen molar-refractivity contribution in [3.63, 3.8) is 0 Å². The number of carbonyl (C=O) groups excluding carboxylic acids is 1. The summed E-state index contributed by atoms with van der Waals surface area (Å²) in [5.41, 5.74) is -3.01. The molecule has 4 nitrogen and oxygen atoms in total. The molecule has 0 aliphatic carbocycles. The third-order valence-electron chi connectivity index (χ3n) is 5.65. The van der Waals surface area contributed by atoms with Crippen LogP contribution in [0.2, 0.25) is 0 Å². The lowest BCUT2D eigenvalue weighted by Gasteiger charge is -2.20. The van der Waals surface area contributed by atoms with Crippen LogP contribution in [-0.4, -0.2) is 17.0 Å². The molecule has 0 atom stereocenters. The Morgan fingerprint density at radius 3 is 2.12 bits per heavy atom. The second kappa shape index (κ2) is 7.38. The molecule has 0 bridgehead atoms. The van der Waals surface area contributed by atoms with Crippen LogP contribution in [0.25, 0.3) is 32.3 Å². The molecule has 0 heterocycles. The number of hydrogen-bond donors (Lipinski definition) is 1. The van der Waals surface area contributed by atoms with Gasteiger partial charge in [-0.1, -0.05) is 42.5 Å². The van der Waals surface area contributed by atoms with E-state index in [0.29, 0.717) is 16.2 Å². The maximum Gasteiger partial charge on any atom is 0.431 e. The number of benzene rings is 5. The van der Waals surface area contributed by atoms with Crippen LogP contribution in [0.3, 0.4) is 0 Å². The molecule has 0 aliphatic rings. The van der Waals surface area contributed by atoms with Crippen LogP contribution in [-0.2, 0) is 10.8 Å². The Hall–Kier alpha value is -4.27. The smallest absolute Gasteiger partial charge is 0.431 e. The molecule has 0 spiro atoms. The number of esters is 1. The average molecular weight is 470 g/mol. The van der Waals surface area contributed by atoms with Crippen molar-refractivity contribution in [3.05, 3.63) is 94.8 Å². The zero-order valence-electron chi connectivity index (χ0n) is 16.8. The Morgan fingerprint density at radius 1 is 0.794 bits per heavy atom. The van der Waals surface area contributed by atoms with Crippen LogP contribution in [0.15, 0.2) is 60.7 Å². The Morgan fingerprint density at radius 2 is 1.44 bits per heavy atom. The van der Waals surface area contributed by atoms with Crippen LogP contribution < -0.4 is 0 Å². The van der Waals surface area contributed by atoms with E-state index in [4.69, 9.17) is 0 Å². The van der Waals surface area contributed by atoms with Crippen molar-refractivity contribution in [1.29, 1.82) is 0 Å². The Bertz CT molecular complexity index is 1630. The van der Waals surface area contributed by atoms with Crippen molar-refractivity contribution in [2.24, 2.45) is 0 Å². The normalized spacial score (nSPS) is 12.0. The largest absolute Gasteiger partial charge is 0.478 e. The first-order chi connectivity index (χ1) is 16.1. The molecule has 0 aliphatic heterocycles. The molecule has 1 N–H and O–H groups in total. The van der Waals surface area contributed by atoms with Gasteiger partial charge in [-0.15, -0.1) is 0 Å². The summed E-state index contributed by atoms with van der Waals surface area (Å²) >= 11 is 0. The number of carbonyl (C=O) groups is 2. The predicted octanol–water partition coefficient (Wildman–Crippen LogP) is 6.61. The molecule has 170 valence electrons. The van der Waals surface area contributed by atoms with Crippen molar-refractivity contribution in [2.75, 3.05) is 0 Å². The predicted molar refractivity (Wildman–Crippen MR) is 113 cm³/mol. The first kappa shape index (κ1) is 21.6. The van der Waals surface area contributed by atoms with E-state index in [1.54, 1.807) is 36.4 Å². The molecule has 5 rings (SSSR count). The van der Waals surface area contributed by atoms with E-state index >= 15 is 0 Å². The molecule has 0 unspecified atom stereocenters. The van der Waals surface area contributed by atoms with E-state index in [1.807, 2.05) is 0 Å². The van der Waals surface area contributed by atoms with E-state index < -0.39 is 52.2 Å². The summed E-state index contributed by atoms with van der Waals surface area (Å²) in [7, 11) is 0. The number of alkyl halides is 2. The lowest BCUT2D eigenvalue weighted by Crippen LogP contribution is -2.26. The SMILES string of the molecule is O=C(O)c1cc2ccc3cccc4ccc(c1C(=O)OC(F)(F)c1ccc(F)c(F)c1F)c2c34. The molecule has 9 heteroatoms. The third kappa shape index (κ3) is 3.12. The summed E-state index contributed by atoms with van der Waals surface area (Å²) in [5, 5.41) is 12.8. The van der Waals surface area contributed by atoms with Gasteiger partial charge in [0.1, 0.15) is 5.56 Å². The van der Waals surface area contributed by atoms with Crippen LogP contribution in [0.5, 0.6) is 0 Å². The molecular formula is C25H11F5O4. The van der Waals surface area contributed by atoms with Gasteiger partial charge in [0.2, 0.25) is 0 Å². The van der Waals surface area contributed by atoms with Gasteiger partial charge < -0.3 is 9.84 Å². The van der Waals surface area contributed by atoms with Crippen molar-refractivity contribution in [1.82, 2.24) is 0 Å². The monoisotopic (exact) mass is 470 g/mol. The van der Waals surface area contributed by atoms with Crippen molar-refractivity contribution in [2.45, 2.75) is 6.11 Å². The standard InChI is InChI=1S/C25H11F5O4/c26-17-9-8-16(21(27)22(17)28)25(29,30)34-24(33)20-14-7-6-12-3-1-2-11-4-5-13(19(14)18(11)12)10-15(20)23(31)32/h1-10H,(H,31,32). The van der Waals surface area contributed by atoms with Crippen LogP contribution >= 0.6 is 0 Å². The summed E-state index contributed by atoms with van der Waals surface area (Å²) in [6.07, 6.45) is -4.73. The number of aromatic carboxylic acids is 1. The first-order valence-corrected chi connectivity index (χ1v) is 9.79. The highest BCUT2D eigenvalue weighted by Crippen LogP contribution is 2.39. The second-order valence-corrected chi connectivity index (χ2v) is 7.59. The third-order valence-corrected chi connectivity index (χ3v) is 5.65. The number of hydrogen-bond acceptors (Lipinski definition) is 3. The minimum absolute atomic E-state index is 0.0331. The fourth-order valence-electron chi connectivity index (χ4n) is 4.17. The van der Waals surface area contributed by atoms with E-state index in [0.717, 1.165) is 16.8 Å². The summed E-state index contributed by atoms with van der Waals surface area (Å²) in [6, 6.07) is 13.4.